The lowest BCUT2D eigenvalue weighted by molar-refractivity contribution is 0.919. The molecule has 3 rings (SSSR count). The molecule has 23 heavy (non-hydrogen) atoms. The van der Waals surface area contributed by atoms with Crippen LogP contribution in [0.2, 0.25) is 0 Å². The van der Waals surface area contributed by atoms with Crippen LogP contribution in [0, 0.1) is 0 Å². The first-order chi connectivity index (χ1) is 11.3. The van der Waals surface area contributed by atoms with E-state index in [-0.39, 0.29) is 5.92 Å². The van der Waals surface area contributed by atoms with Crippen molar-refractivity contribution in [1.82, 2.24) is 4.98 Å². The molecule has 0 bridgehead atoms. The highest BCUT2D eigenvalue weighted by Gasteiger charge is 2.17. The third-order valence-corrected chi connectivity index (χ3v) is 4.05. The lowest BCUT2D eigenvalue weighted by Crippen LogP contribution is -2.05. The average molecular weight is 303 g/mol. The van der Waals surface area contributed by atoms with E-state index in [0.29, 0.717) is 0 Å². The van der Waals surface area contributed by atoms with Crippen LogP contribution in [0.25, 0.3) is 0 Å². The molecule has 2 N–H and O–H groups in total. The van der Waals surface area contributed by atoms with Crippen molar-refractivity contribution in [3.05, 3.63) is 89.7 Å². The number of anilines is 2. The second kappa shape index (κ2) is 6.97. The van der Waals surface area contributed by atoms with Gasteiger partial charge in [0.25, 0.3) is 0 Å². The van der Waals surface area contributed by atoms with E-state index in [1.165, 1.54) is 11.1 Å². The van der Waals surface area contributed by atoms with Gasteiger partial charge in [0.05, 0.1) is 11.6 Å². The largest absolute Gasteiger partial charge is 0.388 e. The number of nitrogens with zero attached hydrogens (tertiary/aromatic N) is 1. The molecule has 3 heteroatoms. The molecule has 0 saturated carbocycles. The highest BCUT2D eigenvalue weighted by Crippen LogP contribution is 2.31. The van der Waals surface area contributed by atoms with E-state index < -0.39 is 0 Å². The molecule has 3 nitrogen and oxygen atoms in total. The summed E-state index contributed by atoms with van der Waals surface area (Å²) in [5, 5.41) is 6.33. The number of rotatable bonds is 5. The minimum atomic E-state index is 0.132. The molecule has 0 aliphatic heterocycles. The fourth-order valence-corrected chi connectivity index (χ4v) is 2.77. The number of aromatic nitrogens is 1. The van der Waals surface area contributed by atoms with Crippen molar-refractivity contribution in [3.63, 3.8) is 0 Å². The van der Waals surface area contributed by atoms with Crippen molar-refractivity contribution in [1.29, 1.82) is 0 Å². The Balaban J connectivity index is 2.05. The lowest BCUT2D eigenvalue weighted by atomic mass is 9.88. The van der Waals surface area contributed by atoms with Crippen molar-refractivity contribution < 1.29 is 0 Å². The summed E-state index contributed by atoms with van der Waals surface area (Å²) in [4.78, 5) is 4.59. The van der Waals surface area contributed by atoms with Gasteiger partial charge in [0.2, 0.25) is 0 Å². The van der Waals surface area contributed by atoms with Crippen LogP contribution < -0.4 is 10.6 Å². The molecule has 2 aromatic carbocycles. The summed E-state index contributed by atoms with van der Waals surface area (Å²) in [7, 11) is 3.86. The smallest absolute Gasteiger partial charge is 0.0522 e. The zero-order valence-electron chi connectivity index (χ0n) is 13.5. The highest BCUT2D eigenvalue weighted by atomic mass is 14.8. The Morgan fingerprint density at radius 3 is 1.61 bits per heavy atom. The summed E-state index contributed by atoms with van der Waals surface area (Å²) in [6.07, 6.45) is 1.85. The Bertz CT molecular complexity index is 687. The van der Waals surface area contributed by atoms with E-state index in [1.807, 2.05) is 32.4 Å². The van der Waals surface area contributed by atoms with Crippen molar-refractivity contribution in [3.8, 4) is 0 Å². The summed E-state index contributed by atoms with van der Waals surface area (Å²) < 4.78 is 0. The number of pyridine rings is 1. The molecule has 116 valence electrons. The minimum absolute atomic E-state index is 0.132. The van der Waals surface area contributed by atoms with Gasteiger partial charge in [-0.1, -0.05) is 30.3 Å². The van der Waals surface area contributed by atoms with Crippen LogP contribution in [0.15, 0.2) is 72.9 Å². The van der Waals surface area contributed by atoms with Crippen LogP contribution >= 0.6 is 0 Å². The standard InChI is InChI=1S/C20H21N3/c1-21-17-10-6-15(7-11-17)20(19-5-3-4-14-23-19)16-8-12-18(22-2)13-9-16/h3-14,20-22H,1-2H3. The predicted octanol–water partition coefficient (Wildman–Crippen LogP) is 4.35. The normalized spacial score (nSPS) is 10.6. The molecule has 0 radical (unpaired) electrons. The van der Waals surface area contributed by atoms with Crippen LogP contribution in [-0.2, 0) is 0 Å². The Kier molecular flexibility index (Phi) is 4.57. The van der Waals surface area contributed by atoms with Gasteiger partial charge in [-0.05, 0) is 47.5 Å². The monoisotopic (exact) mass is 303 g/mol. The summed E-state index contributed by atoms with van der Waals surface area (Å²) in [6.45, 7) is 0. The number of nitrogens with one attached hydrogen (secondary N) is 2. The minimum Gasteiger partial charge on any atom is -0.388 e. The zero-order chi connectivity index (χ0) is 16.1. The Morgan fingerprint density at radius 1 is 0.696 bits per heavy atom. The lowest BCUT2D eigenvalue weighted by Gasteiger charge is -2.18. The Hall–Kier alpha value is -2.81. The number of hydrogen-bond acceptors (Lipinski definition) is 3. The predicted molar refractivity (Wildman–Crippen MR) is 97.2 cm³/mol. The van der Waals surface area contributed by atoms with Crippen LogP contribution in [0.3, 0.4) is 0 Å². The summed E-state index contributed by atoms with van der Waals surface area (Å²) in [6, 6.07) is 23.2. The van der Waals surface area contributed by atoms with Crippen LogP contribution in [0.5, 0.6) is 0 Å². The van der Waals surface area contributed by atoms with Crippen LogP contribution in [0.4, 0.5) is 11.4 Å². The molecule has 3 aromatic rings. The van der Waals surface area contributed by atoms with Gasteiger partial charge in [0.1, 0.15) is 0 Å². The van der Waals surface area contributed by atoms with E-state index >= 15 is 0 Å². The summed E-state index contributed by atoms with van der Waals surface area (Å²) >= 11 is 0. The fourth-order valence-electron chi connectivity index (χ4n) is 2.77. The van der Waals surface area contributed by atoms with E-state index in [1.54, 1.807) is 0 Å². The summed E-state index contributed by atoms with van der Waals surface area (Å²) in [5.41, 5.74) is 5.75. The molecule has 0 aliphatic rings. The highest BCUT2D eigenvalue weighted by molar-refractivity contribution is 5.51. The quantitative estimate of drug-likeness (QED) is 0.736. The third kappa shape index (κ3) is 3.34. The SMILES string of the molecule is CNc1ccc(C(c2ccc(NC)cc2)c2ccccn2)cc1. The molecular weight excluding hydrogens is 282 g/mol. The maximum atomic E-state index is 4.59. The number of benzene rings is 2. The first kappa shape index (κ1) is 15.1. The third-order valence-electron chi connectivity index (χ3n) is 4.05. The van der Waals surface area contributed by atoms with Gasteiger partial charge in [-0.15, -0.1) is 0 Å². The van der Waals surface area contributed by atoms with Gasteiger partial charge in [0.15, 0.2) is 0 Å². The first-order valence-corrected chi connectivity index (χ1v) is 7.78. The molecule has 0 spiro atoms. The molecule has 1 aromatic heterocycles. The van der Waals surface area contributed by atoms with Gasteiger partial charge < -0.3 is 10.6 Å². The van der Waals surface area contributed by atoms with Gasteiger partial charge in [-0.25, -0.2) is 0 Å². The topological polar surface area (TPSA) is 37.0 Å². The van der Waals surface area contributed by atoms with E-state index in [9.17, 15) is 0 Å². The van der Waals surface area contributed by atoms with Gasteiger partial charge in [0, 0.05) is 31.7 Å². The molecule has 0 amide bonds. The van der Waals surface area contributed by atoms with E-state index in [2.05, 4.69) is 70.2 Å². The van der Waals surface area contributed by atoms with Crippen molar-refractivity contribution in [2.45, 2.75) is 5.92 Å². The maximum Gasteiger partial charge on any atom is 0.0522 e. The van der Waals surface area contributed by atoms with Gasteiger partial charge in [-0.2, -0.15) is 0 Å². The molecule has 1 heterocycles. The first-order valence-electron chi connectivity index (χ1n) is 7.78. The Morgan fingerprint density at radius 2 is 1.22 bits per heavy atom. The van der Waals surface area contributed by atoms with E-state index in [4.69, 9.17) is 0 Å². The fraction of sp³-hybridized carbons (Fsp3) is 0.150. The molecule has 0 unspecified atom stereocenters. The van der Waals surface area contributed by atoms with Crippen LogP contribution in [0.1, 0.15) is 22.7 Å². The molecular formula is C20H21N3. The van der Waals surface area contributed by atoms with Gasteiger partial charge >= 0.3 is 0 Å². The van der Waals surface area contributed by atoms with E-state index in [0.717, 1.165) is 17.1 Å². The Labute approximate surface area is 137 Å². The number of hydrogen-bond donors (Lipinski definition) is 2. The second-order valence-corrected chi connectivity index (χ2v) is 5.43. The molecule has 0 fully saturated rings. The zero-order valence-corrected chi connectivity index (χ0v) is 13.5. The molecule has 0 atom stereocenters. The maximum absolute atomic E-state index is 4.59. The van der Waals surface area contributed by atoms with Crippen molar-refractivity contribution in [2.75, 3.05) is 24.7 Å². The molecule has 0 aliphatic carbocycles. The second-order valence-electron chi connectivity index (χ2n) is 5.43. The van der Waals surface area contributed by atoms with Gasteiger partial charge in [-0.3, -0.25) is 4.98 Å². The average Bonchev–Trinajstić information content (AvgIpc) is 2.64. The van der Waals surface area contributed by atoms with Crippen molar-refractivity contribution in [2.24, 2.45) is 0 Å². The van der Waals surface area contributed by atoms with Crippen LogP contribution in [-0.4, -0.2) is 19.1 Å². The summed E-state index contributed by atoms with van der Waals surface area (Å²) in [5.74, 6) is 0.132. The van der Waals surface area contributed by atoms with Crippen molar-refractivity contribution >= 4 is 11.4 Å². The molecule has 0 saturated heterocycles.